The van der Waals surface area contributed by atoms with Crippen LogP contribution in [0.4, 0.5) is 0 Å². The number of ether oxygens (including phenoxy) is 1. The largest absolute Gasteiger partial charge is 0.464 e. The van der Waals surface area contributed by atoms with Gasteiger partial charge in [0.1, 0.15) is 5.69 Å². The number of rotatable bonds is 5. The summed E-state index contributed by atoms with van der Waals surface area (Å²) in [7, 11) is -1.73. The number of aromatic nitrogens is 1. The average molecular weight is 315 g/mol. The fourth-order valence-corrected chi connectivity index (χ4v) is 3.29. The third-order valence-electron chi connectivity index (χ3n) is 3.66. The molecule has 1 aromatic rings. The van der Waals surface area contributed by atoms with Crippen molar-refractivity contribution in [1.82, 2.24) is 14.6 Å². The number of methoxy groups -OCH3 is 1. The van der Waals surface area contributed by atoms with Crippen LogP contribution in [0.2, 0.25) is 0 Å². The van der Waals surface area contributed by atoms with Gasteiger partial charge in [0.15, 0.2) is 0 Å². The molecule has 0 saturated carbocycles. The summed E-state index contributed by atoms with van der Waals surface area (Å²) < 4.78 is 29.0. The van der Waals surface area contributed by atoms with Crippen molar-refractivity contribution in [3.8, 4) is 0 Å². The van der Waals surface area contributed by atoms with Crippen molar-refractivity contribution < 1.29 is 17.9 Å². The van der Waals surface area contributed by atoms with Gasteiger partial charge in [0.25, 0.3) is 0 Å². The quantitative estimate of drug-likeness (QED) is 0.763. The lowest BCUT2D eigenvalue weighted by atomic mass is 10.1. The summed E-state index contributed by atoms with van der Waals surface area (Å²) in [4.78, 5) is 14.3. The van der Waals surface area contributed by atoms with Crippen LogP contribution in [-0.2, 0) is 21.3 Å². The molecule has 0 aromatic carbocycles. The molecule has 1 aliphatic rings. The van der Waals surface area contributed by atoms with Crippen molar-refractivity contribution in [2.24, 2.45) is 0 Å². The Labute approximate surface area is 124 Å². The first kappa shape index (κ1) is 16.0. The molecule has 0 bridgehead atoms. The Morgan fingerprint density at radius 2 is 2.10 bits per heavy atom. The maximum absolute atomic E-state index is 11.4. The zero-order chi connectivity index (χ0) is 15.5. The Morgan fingerprint density at radius 1 is 1.43 bits per heavy atom. The fraction of sp³-hybridized carbons (Fsp3) is 0.615. The molecule has 1 fully saturated rings. The molecule has 1 aliphatic heterocycles. The molecule has 0 aliphatic carbocycles. The zero-order valence-electron chi connectivity index (χ0n) is 12.3. The van der Waals surface area contributed by atoms with Gasteiger partial charge in [-0.2, -0.15) is 0 Å². The van der Waals surface area contributed by atoms with Crippen molar-refractivity contribution in [3.05, 3.63) is 23.5 Å². The molecule has 118 valence electrons. The molecular formula is C13H21N3O4S. The Bertz CT molecular complexity index is 588. The normalized spacial score (nSPS) is 17.8. The third-order valence-corrected chi connectivity index (χ3v) is 4.96. The molecule has 2 N–H and O–H groups in total. The van der Waals surface area contributed by atoms with E-state index in [0.29, 0.717) is 25.3 Å². The first-order chi connectivity index (χ1) is 9.90. The first-order valence-corrected chi connectivity index (χ1v) is 8.69. The molecule has 1 saturated heterocycles. The number of hydrogen-bond donors (Lipinski definition) is 2. The second-order valence-electron chi connectivity index (χ2n) is 5.21. The van der Waals surface area contributed by atoms with E-state index in [9.17, 15) is 13.2 Å². The number of carbonyl (C=O) groups is 1. The molecule has 2 heterocycles. The van der Waals surface area contributed by atoms with E-state index in [1.54, 1.807) is 6.07 Å². The molecule has 0 unspecified atom stereocenters. The number of sulfonamides is 1. The highest BCUT2D eigenvalue weighted by Crippen LogP contribution is 2.14. The first-order valence-electron chi connectivity index (χ1n) is 6.85. The summed E-state index contributed by atoms with van der Waals surface area (Å²) in [5.74, 6) is -0.386. The van der Waals surface area contributed by atoms with Crippen LogP contribution in [0.5, 0.6) is 0 Å². The van der Waals surface area contributed by atoms with E-state index in [2.05, 4.69) is 15.0 Å². The SMILES string of the molecule is COC(=O)c1ccc(CNC2CCN(S(C)(=O)=O)CC2)[nH]1. The smallest absolute Gasteiger partial charge is 0.354 e. The van der Waals surface area contributed by atoms with Crippen molar-refractivity contribution >= 4 is 16.0 Å². The van der Waals surface area contributed by atoms with E-state index < -0.39 is 10.0 Å². The van der Waals surface area contributed by atoms with Crippen LogP contribution in [0.1, 0.15) is 29.0 Å². The van der Waals surface area contributed by atoms with Gasteiger partial charge in [0.2, 0.25) is 10.0 Å². The molecular weight excluding hydrogens is 294 g/mol. The van der Waals surface area contributed by atoms with Gasteiger partial charge in [-0.15, -0.1) is 0 Å². The van der Waals surface area contributed by atoms with Gasteiger partial charge in [-0.3, -0.25) is 0 Å². The van der Waals surface area contributed by atoms with E-state index in [0.717, 1.165) is 18.5 Å². The highest BCUT2D eigenvalue weighted by atomic mass is 32.2. The van der Waals surface area contributed by atoms with Gasteiger partial charge < -0.3 is 15.0 Å². The topological polar surface area (TPSA) is 91.5 Å². The van der Waals surface area contributed by atoms with Crippen molar-refractivity contribution in [2.45, 2.75) is 25.4 Å². The van der Waals surface area contributed by atoms with E-state index in [-0.39, 0.29) is 12.0 Å². The molecule has 21 heavy (non-hydrogen) atoms. The summed E-state index contributed by atoms with van der Waals surface area (Å²) in [6.07, 6.45) is 2.82. The lowest BCUT2D eigenvalue weighted by Gasteiger charge is -2.30. The minimum absolute atomic E-state index is 0.285. The van der Waals surface area contributed by atoms with Gasteiger partial charge in [0.05, 0.1) is 13.4 Å². The molecule has 0 spiro atoms. The van der Waals surface area contributed by atoms with Crippen LogP contribution in [-0.4, -0.2) is 56.2 Å². The maximum atomic E-state index is 11.4. The summed E-state index contributed by atoms with van der Waals surface area (Å²) in [6.45, 7) is 1.71. The minimum Gasteiger partial charge on any atom is -0.464 e. The predicted molar refractivity (Wildman–Crippen MR) is 78.4 cm³/mol. The Morgan fingerprint density at radius 3 is 2.67 bits per heavy atom. The van der Waals surface area contributed by atoms with Gasteiger partial charge in [0, 0.05) is 31.4 Å². The maximum Gasteiger partial charge on any atom is 0.354 e. The highest BCUT2D eigenvalue weighted by Gasteiger charge is 2.24. The molecule has 0 atom stereocenters. The van der Waals surface area contributed by atoms with Crippen molar-refractivity contribution in [3.63, 3.8) is 0 Å². The number of aromatic amines is 1. The van der Waals surface area contributed by atoms with Crippen LogP contribution < -0.4 is 5.32 Å². The number of nitrogens with one attached hydrogen (secondary N) is 2. The van der Waals surface area contributed by atoms with Gasteiger partial charge in [-0.05, 0) is 25.0 Å². The van der Waals surface area contributed by atoms with Crippen molar-refractivity contribution in [2.75, 3.05) is 26.5 Å². The highest BCUT2D eigenvalue weighted by molar-refractivity contribution is 7.88. The lowest BCUT2D eigenvalue weighted by Crippen LogP contribution is -2.44. The minimum atomic E-state index is -3.08. The van der Waals surface area contributed by atoms with Gasteiger partial charge in [-0.25, -0.2) is 17.5 Å². The Kier molecular flexibility index (Phi) is 5.02. The number of hydrogen-bond acceptors (Lipinski definition) is 5. The standard InChI is InChI=1S/C13H21N3O4S/c1-20-13(17)12-4-3-11(15-12)9-14-10-5-7-16(8-6-10)21(2,18)19/h3-4,10,14-15H,5-9H2,1-2H3. The van der Waals surface area contributed by atoms with Crippen molar-refractivity contribution in [1.29, 1.82) is 0 Å². The van der Waals surface area contributed by atoms with E-state index in [1.807, 2.05) is 6.07 Å². The molecule has 0 radical (unpaired) electrons. The zero-order valence-corrected chi connectivity index (χ0v) is 13.1. The van der Waals surface area contributed by atoms with E-state index in [1.165, 1.54) is 17.7 Å². The number of carbonyl (C=O) groups excluding carboxylic acids is 1. The third kappa shape index (κ3) is 4.29. The second kappa shape index (κ2) is 6.59. The second-order valence-corrected chi connectivity index (χ2v) is 7.19. The van der Waals surface area contributed by atoms with Crippen LogP contribution in [0.25, 0.3) is 0 Å². The Balaban J connectivity index is 1.80. The lowest BCUT2D eigenvalue weighted by molar-refractivity contribution is 0.0594. The number of piperidine rings is 1. The van der Waals surface area contributed by atoms with E-state index in [4.69, 9.17) is 0 Å². The molecule has 2 rings (SSSR count). The number of H-pyrrole nitrogens is 1. The monoisotopic (exact) mass is 315 g/mol. The number of nitrogens with zero attached hydrogens (tertiary/aromatic N) is 1. The number of esters is 1. The summed E-state index contributed by atoms with van der Waals surface area (Å²) >= 11 is 0. The summed E-state index contributed by atoms with van der Waals surface area (Å²) in [5.41, 5.74) is 1.34. The molecule has 1 aromatic heterocycles. The predicted octanol–water partition coefficient (Wildman–Crippen LogP) is 0.315. The van der Waals surface area contributed by atoms with Gasteiger partial charge in [-0.1, -0.05) is 0 Å². The average Bonchev–Trinajstić information content (AvgIpc) is 2.92. The Hall–Kier alpha value is -1.38. The molecule has 7 nitrogen and oxygen atoms in total. The van der Waals surface area contributed by atoms with Crippen LogP contribution >= 0.6 is 0 Å². The van der Waals surface area contributed by atoms with E-state index >= 15 is 0 Å². The van der Waals surface area contributed by atoms with Crippen LogP contribution in [0.15, 0.2) is 12.1 Å². The fourth-order valence-electron chi connectivity index (χ4n) is 2.42. The van der Waals surface area contributed by atoms with Crippen LogP contribution in [0.3, 0.4) is 0 Å². The van der Waals surface area contributed by atoms with Gasteiger partial charge >= 0.3 is 5.97 Å². The molecule has 8 heteroatoms. The van der Waals surface area contributed by atoms with Crippen LogP contribution in [0, 0.1) is 0 Å². The summed E-state index contributed by atoms with van der Waals surface area (Å²) in [5, 5.41) is 3.38. The molecule has 0 amide bonds. The summed E-state index contributed by atoms with van der Waals surface area (Å²) in [6, 6.07) is 3.81.